The predicted molar refractivity (Wildman–Crippen MR) is 82.4 cm³/mol. The van der Waals surface area contributed by atoms with Crippen molar-refractivity contribution in [2.24, 2.45) is 0 Å². The molecule has 0 saturated heterocycles. The Hall–Kier alpha value is -2.41. The summed E-state index contributed by atoms with van der Waals surface area (Å²) < 4.78 is 13.0. The molecule has 22 heavy (non-hydrogen) atoms. The third-order valence-electron chi connectivity index (χ3n) is 2.95. The molecule has 1 N–H and O–H groups in total. The monoisotopic (exact) mass is 309 g/mol. The maximum absolute atomic E-state index is 13.0. The van der Waals surface area contributed by atoms with Crippen molar-refractivity contribution in [3.05, 3.63) is 60.3 Å². The number of carbonyl (C=O) groups excluding carboxylic acids is 1. The van der Waals surface area contributed by atoms with Crippen molar-refractivity contribution in [3.63, 3.8) is 0 Å². The standard InChI is InChI=1S/C15H9BFN3OS/c16-15(21)13-7-12(19-20-13)11-5-6-18-8-14(11)22-10-3-1-9(17)2-4-10/h1-8H,(H,19,20). The number of H-pyrrole nitrogens is 1. The van der Waals surface area contributed by atoms with Crippen LogP contribution in [0.4, 0.5) is 4.39 Å². The molecule has 4 nitrogen and oxygen atoms in total. The molecule has 1 aromatic carbocycles. The van der Waals surface area contributed by atoms with Crippen LogP contribution in [0.25, 0.3) is 11.3 Å². The number of halogens is 1. The molecule has 0 aliphatic carbocycles. The SMILES string of the molecule is [B]C(=O)c1cc(-c2ccncc2Sc2ccc(F)cc2)n[nH]1. The number of carbonyl (C=O) groups is 1. The highest BCUT2D eigenvalue weighted by Crippen LogP contribution is 2.34. The first-order valence-electron chi connectivity index (χ1n) is 6.36. The summed E-state index contributed by atoms with van der Waals surface area (Å²) in [5, 5.41) is 6.70. The number of aromatic nitrogens is 3. The Morgan fingerprint density at radius 2 is 2.00 bits per heavy atom. The molecule has 0 spiro atoms. The van der Waals surface area contributed by atoms with E-state index in [2.05, 4.69) is 15.2 Å². The molecule has 0 unspecified atom stereocenters. The number of hydrogen-bond acceptors (Lipinski definition) is 4. The van der Waals surface area contributed by atoms with E-state index >= 15 is 0 Å². The molecule has 0 bridgehead atoms. The van der Waals surface area contributed by atoms with E-state index in [1.165, 1.54) is 23.9 Å². The van der Waals surface area contributed by atoms with Gasteiger partial charge in [0, 0.05) is 27.7 Å². The highest BCUT2D eigenvalue weighted by molar-refractivity contribution is 7.99. The number of rotatable bonds is 4. The van der Waals surface area contributed by atoms with E-state index in [0.717, 1.165) is 15.4 Å². The molecule has 2 heterocycles. The fourth-order valence-corrected chi connectivity index (χ4v) is 2.81. The summed E-state index contributed by atoms with van der Waals surface area (Å²) in [6, 6.07) is 9.57. The van der Waals surface area contributed by atoms with Gasteiger partial charge >= 0.3 is 0 Å². The molecular weight excluding hydrogens is 300 g/mol. The Labute approximate surface area is 131 Å². The molecule has 0 aliphatic rings. The van der Waals surface area contributed by atoms with Gasteiger partial charge in [0.15, 0.2) is 7.85 Å². The summed E-state index contributed by atoms with van der Waals surface area (Å²) in [7, 11) is 5.22. The lowest BCUT2D eigenvalue weighted by molar-refractivity contribution is 0.107. The lowest BCUT2D eigenvalue weighted by Gasteiger charge is -2.06. The van der Waals surface area contributed by atoms with Crippen LogP contribution in [0.2, 0.25) is 0 Å². The van der Waals surface area contributed by atoms with E-state index in [0.29, 0.717) is 5.69 Å². The molecule has 3 aromatic rings. The minimum absolute atomic E-state index is 0.240. The molecule has 0 saturated carbocycles. The first-order valence-corrected chi connectivity index (χ1v) is 7.18. The van der Waals surface area contributed by atoms with Crippen molar-refractivity contribution < 1.29 is 9.18 Å². The topological polar surface area (TPSA) is 58.6 Å². The zero-order valence-corrected chi connectivity index (χ0v) is 12.1. The van der Waals surface area contributed by atoms with Crippen molar-refractivity contribution in [2.75, 3.05) is 0 Å². The van der Waals surface area contributed by atoms with Crippen LogP contribution in [0.1, 0.15) is 10.5 Å². The second-order valence-corrected chi connectivity index (χ2v) is 5.57. The zero-order valence-electron chi connectivity index (χ0n) is 11.3. The summed E-state index contributed by atoms with van der Waals surface area (Å²) in [5.41, 5.74) is 1.08. The minimum Gasteiger partial charge on any atom is -0.306 e. The van der Waals surface area contributed by atoms with Crippen molar-refractivity contribution in [1.29, 1.82) is 0 Å². The van der Waals surface area contributed by atoms with Gasteiger partial charge in [0.25, 0.3) is 0 Å². The predicted octanol–water partition coefficient (Wildman–Crippen LogP) is 3.07. The number of benzene rings is 1. The normalized spacial score (nSPS) is 10.6. The van der Waals surface area contributed by atoms with Gasteiger partial charge in [-0.3, -0.25) is 10.1 Å². The quantitative estimate of drug-likeness (QED) is 0.753. The molecule has 7 heteroatoms. The smallest absolute Gasteiger partial charge is 0.177 e. The second kappa shape index (κ2) is 6.15. The second-order valence-electron chi connectivity index (χ2n) is 4.46. The molecule has 0 atom stereocenters. The Kier molecular flexibility index (Phi) is 4.06. The Balaban J connectivity index is 1.95. The van der Waals surface area contributed by atoms with Crippen LogP contribution in [0.15, 0.2) is 58.6 Å². The number of aromatic amines is 1. The summed E-state index contributed by atoms with van der Waals surface area (Å²) in [6.07, 6.45) is 3.34. The average molecular weight is 309 g/mol. The third kappa shape index (κ3) is 3.09. The largest absolute Gasteiger partial charge is 0.306 e. The first-order chi connectivity index (χ1) is 10.6. The van der Waals surface area contributed by atoms with Crippen molar-refractivity contribution in [1.82, 2.24) is 15.2 Å². The Morgan fingerprint density at radius 3 is 2.68 bits per heavy atom. The van der Waals surface area contributed by atoms with E-state index in [4.69, 9.17) is 7.85 Å². The van der Waals surface area contributed by atoms with Gasteiger partial charge in [-0.15, -0.1) is 0 Å². The van der Waals surface area contributed by atoms with Gasteiger partial charge in [0.2, 0.25) is 0 Å². The minimum atomic E-state index is -0.569. The van der Waals surface area contributed by atoms with Crippen LogP contribution in [-0.4, -0.2) is 28.7 Å². The fraction of sp³-hybridized carbons (Fsp3) is 0. The Morgan fingerprint density at radius 1 is 1.23 bits per heavy atom. The van der Waals surface area contributed by atoms with Crippen LogP contribution in [0, 0.1) is 5.82 Å². The van der Waals surface area contributed by atoms with Gasteiger partial charge in [0.1, 0.15) is 11.5 Å². The molecule has 3 rings (SSSR count). The molecule has 0 aliphatic heterocycles. The van der Waals surface area contributed by atoms with E-state index in [9.17, 15) is 9.18 Å². The molecular formula is C15H9BFN3OS. The molecule has 2 radical (unpaired) electrons. The summed E-state index contributed by atoms with van der Waals surface area (Å²) in [5.74, 6) is -0.283. The van der Waals surface area contributed by atoms with E-state index < -0.39 is 5.68 Å². The number of pyridine rings is 1. The van der Waals surface area contributed by atoms with E-state index in [-0.39, 0.29) is 11.5 Å². The van der Waals surface area contributed by atoms with Gasteiger partial charge < -0.3 is 4.79 Å². The van der Waals surface area contributed by atoms with E-state index in [1.54, 1.807) is 36.7 Å². The first kappa shape index (κ1) is 14.5. The summed E-state index contributed by atoms with van der Waals surface area (Å²) in [6.45, 7) is 0. The van der Waals surface area contributed by atoms with Crippen LogP contribution in [0.5, 0.6) is 0 Å². The molecule has 0 amide bonds. The third-order valence-corrected chi connectivity index (χ3v) is 4.00. The highest BCUT2D eigenvalue weighted by atomic mass is 32.2. The van der Waals surface area contributed by atoms with Crippen molar-refractivity contribution >= 4 is 25.3 Å². The zero-order chi connectivity index (χ0) is 15.5. The fourth-order valence-electron chi connectivity index (χ4n) is 1.89. The van der Waals surface area contributed by atoms with Crippen LogP contribution in [0.3, 0.4) is 0 Å². The molecule has 0 fully saturated rings. The highest BCUT2D eigenvalue weighted by Gasteiger charge is 2.12. The lowest BCUT2D eigenvalue weighted by Crippen LogP contribution is -1.96. The number of nitrogens with one attached hydrogen (secondary N) is 1. The number of hydrogen-bond donors (Lipinski definition) is 1. The van der Waals surface area contributed by atoms with Gasteiger partial charge in [-0.05, 0) is 36.4 Å². The maximum Gasteiger partial charge on any atom is 0.177 e. The average Bonchev–Trinajstić information content (AvgIpc) is 3.00. The van der Waals surface area contributed by atoms with Crippen LogP contribution < -0.4 is 0 Å². The van der Waals surface area contributed by atoms with Gasteiger partial charge in [-0.25, -0.2) is 4.39 Å². The van der Waals surface area contributed by atoms with Gasteiger partial charge in [-0.2, -0.15) is 5.10 Å². The van der Waals surface area contributed by atoms with Crippen molar-refractivity contribution in [3.8, 4) is 11.3 Å². The number of nitrogens with zero attached hydrogens (tertiary/aromatic N) is 2. The molecule has 2 aromatic heterocycles. The van der Waals surface area contributed by atoms with Crippen LogP contribution >= 0.6 is 11.8 Å². The Bertz CT molecular complexity index is 820. The summed E-state index contributed by atoms with van der Waals surface area (Å²) >= 11 is 1.44. The van der Waals surface area contributed by atoms with Crippen molar-refractivity contribution in [2.45, 2.75) is 9.79 Å². The van der Waals surface area contributed by atoms with Gasteiger partial charge in [0.05, 0.1) is 11.4 Å². The molecule has 106 valence electrons. The summed E-state index contributed by atoms with van der Waals surface area (Å²) in [4.78, 5) is 17.0. The van der Waals surface area contributed by atoms with Crippen LogP contribution in [-0.2, 0) is 0 Å². The van der Waals surface area contributed by atoms with E-state index in [1.807, 2.05) is 0 Å². The van der Waals surface area contributed by atoms with Gasteiger partial charge in [-0.1, -0.05) is 11.8 Å². The lowest BCUT2D eigenvalue weighted by atomic mass is 9.99. The maximum atomic E-state index is 13.0.